The number of halogens is 4. The molecule has 1 fully saturated rings. The second-order valence-corrected chi connectivity index (χ2v) is 5.46. The Morgan fingerprint density at radius 3 is 2.28 bits per heavy atom. The van der Waals surface area contributed by atoms with Gasteiger partial charge in [-0.25, -0.2) is 0 Å². The lowest BCUT2D eigenvalue weighted by Gasteiger charge is -2.18. The van der Waals surface area contributed by atoms with Crippen molar-refractivity contribution in [1.82, 2.24) is 10.2 Å². The van der Waals surface area contributed by atoms with Gasteiger partial charge in [-0.05, 0) is 18.2 Å². The first-order valence-corrected chi connectivity index (χ1v) is 7.06. The molecular weight excluding hydrogens is 365 g/mol. The molecular formula is C15H16ClF3N2O4. The minimum absolute atomic E-state index is 0. The van der Waals surface area contributed by atoms with Gasteiger partial charge < -0.3 is 15.3 Å². The van der Waals surface area contributed by atoms with Crippen molar-refractivity contribution in [1.29, 1.82) is 0 Å². The van der Waals surface area contributed by atoms with E-state index < -0.39 is 48.9 Å². The average Bonchev–Trinajstić information content (AvgIpc) is 2.99. The van der Waals surface area contributed by atoms with Crippen molar-refractivity contribution in [3.05, 3.63) is 35.4 Å². The number of amides is 2. The maximum atomic E-state index is 13.0. The third kappa shape index (κ3) is 4.41. The molecule has 0 radical (unpaired) electrons. The molecule has 1 aliphatic heterocycles. The molecule has 2 atom stereocenters. The van der Waals surface area contributed by atoms with E-state index in [1.807, 2.05) is 0 Å². The number of alkyl halides is 3. The highest BCUT2D eigenvalue weighted by atomic mass is 35.5. The smallest absolute Gasteiger partial charge is 0.394 e. The molecule has 1 aliphatic rings. The SMILES string of the molecule is CNC(=O)c1cccc(C(=O)N2C[C@@H](C(F)(F)F)[C@H](C(=O)O)C2)c1.Cl. The molecule has 1 aromatic carbocycles. The minimum atomic E-state index is -4.71. The third-order valence-corrected chi connectivity index (χ3v) is 3.94. The van der Waals surface area contributed by atoms with E-state index in [1.165, 1.54) is 31.3 Å². The number of carboxylic acid groups (broad SMARTS) is 1. The molecule has 10 heteroatoms. The molecule has 1 heterocycles. The monoisotopic (exact) mass is 380 g/mol. The van der Waals surface area contributed by atoms with Gasteiger partial charge >= 0.3 is 12.1 Å². The summed E-state index contributed by atoms with van der Waals surface area (Å²) in [6.45, 7) is -1.24. The fourth-order valence-electron chi connectivity index (χ4n) is 2.67. The fourth-order valence-corrected chi connectivity index (χ4v) is 2.67. The van der Waals surface area contributed by atoms with Crippen LogP contribution in [0.5, 0.6) is 0 Å². The van der Waals surface area contributed by atoms with E-state index in [2.05, 4.69) is 5.32 Å². The second kappa shape index (κ2) is 7.73. The number of aliphatic carboxylic acids is 1. The number of nitrogens with zero attached hydrogens (tertiary/aromatic N) is 1. The molecule has 2 N–H and O–H groups in total. The summed E-state index contributed by atoms with van der Waals surface area (Å²) in [5.41, 5.74) is 0.216. The number of benzene rings is 1. The van der Waals surface area contributed by atoms with Gasteiger partial charge in [0, 0.05) is 31.3 Å². The van der Waals surface area contributed by atoms with Crippen molar-refractivity contribution < 1.29 is 32.7 Å². The standard InChI is InChI=1S/C15H15F3N2O4.ClH/c1-19-12(21)8-3-2-4-9(5-8)13(22)20-6-10(14(23)24)11(7-20)15(16,17)18;/h2-5,10-11H,6-7H2,1H3,(H,19,21)(H,23,24);1H/t10-,11-;/m1./s1. The molecule has 0 unspecified atom stereocenters. The molecule has 1 saturated heterocycles. The Bertz CT molecular complexity index is 681. The third-order valence-electron chi connectivity index (χ3n) is 3.94. The van der Waals surface area contributed by atoms with Crippen LogP contribution in [-0.4, -0.2) is 54.1 Å². The van der Waals surface area contributed by atoms with Gasteiger partial charge in [-0.2, -0.15) is 13.2 Å². The molecule has 2 rings (SSSR count). The molecule has 0 aromatic heterocycles. The van der Waals surface area contributed by atoms with Crippen LogP contribution in [0.3, 0.4) is 0 Å². The number of nitrogens with one attached hydrogen (secondary N) is 1. The van der Waals surface area contributed by atoms with Crippen LogP contribution in [0.1, 0.15) is 20.7 Å². The number of carbonyl (C=O) groups excluding carboxylic acids is 2. The van der Waals surface area contributed by atoms with Crippen LogP contribution in [0.4, 0.5) is 13.2 Å². The molecule has 6 nitrogen and oxygen atoms in total. The lowest BCUT2D eigenvalue weighted by molar-refractivity contribution is -0.187. The molecule has 25 heavy (non-hydrogen) atoms. The van der Waals surface area contributed by atoms with Gasteiger partial charge in [-0.15, -0.1) is 12.4 Å². The van der Waals surface area contributed by atoms with E-state index in [9.17, 15) is 27.6 Å². The fraction of sp³-hybridized carbons (Fsp3) is 0.400. The molecule has 0 spiro atoms. The molecule has 0 saturated carbocycles. The summed E-state index contributed by atoms with van der Waals surface area (Å²) in [5, 5.41) is 11.4. The minimum Gasteiger partial charge on any atom is -0.481 e. The predicted molar refractivity (Wildman–Crippen MR) is 83.7 cm³/mol. The maximum absolute atomic E-state index is 13.0. The van der Waals surface area contributed by atoms with Crippen LogP contribution in [0, 0.1) is 11.8 Å². The van der Waals surface area contributed by atoms with Gasteiger partial charge in [0.05, 0.1) is 11.8 Å². The lowest BCUT2D eigenvalue weighted by Crippen LogP contribution is -2.34. The zero-order valence-electron chi connectivity index (χ0n) is 13.0. The van der Waals surface area contributed by atoms with E-state index in [1.54, 1.807) is 0 Å². The largest absolute Gasteiger partial charge is 0.481 e. The normalized spacial score (nSPS) is 19.9. The van der Waals surface area contributed by atoms with Gasteiger partial charge in [-0.3, -0.25) is 14.4 Å². The summed E-state index contributed by atoms with van der Waals surface area (Å²) < 4.78 is 38.9. The number of likely N-dealkylation sites (tertiary alicyclic amines) is 1. The Kier molecular flexibility index (Phi) is 6.42. The average molecular weight is 381 g/mol. The van der Waals surface area contributed by atoms with E-state index in [0.29, 0.717) is 0 Å². The Morgan fingerprint density at radius 2 is 1.80 bits per heavy atom. The van der Waals surface area contributed by atoms with Crippen LogP contribution in [0.2, 0.25) is 0 Å². The van der Waals surface area contributed by atoms with E-state index in [0.717, 1.165) is 4.90 Å². The zero-order valence-corrected chi connectivity index (χ0v) is 13.9. The molecule has 2 amide bonds. The first-order valence-electron chi connectivity index (χ1n) is 7.06. The number of carbonyl (C=O) groups is 3. The summed E-state index contributed by atoms with van der Waals surface area (Å²) in [4.78, 5) is 35.9. The topological polar surface area (TPSA) is 86.7 Å². The number of hydrogen-bond donors (Lipinski definition) is 2. The van der Waals surface area contributed by atoms with Gasteiger partial charge in [0.2, 0.25) is 0 Å². The lowest BCUT2D eigenvalue weighted by atomic mass is 9.96. The van der Waals surface area contributed by atoms with Gasteiger partial charge in [0.25, 0.3) is 11.8 Å². The summed E-state index contributed by atoms with van der Waals surface area (Å²) in [6.07, 6.45) is -4.71. The quantitative estimate of drug-likeness (QED) is 0.837. The summed E-state index contributed by atoms with van der Waals surface area (Å²) >= 11 is 0. The van der Waals surface area contributed by atoms with Crippen molar-refractivity contribution in [2.75, 3.05) is 20.1 Å². The summed E-state index contributed by atoms with van der Waals surface area (Å²) in [6, 6.07) is 5.52. The van der Waals surface area contributed by atoms with E-state index in [4.69, 9.17) is 5.11 Å². The zero-order chi connectivity index (χ0) is 18.1. The van der Waals surface area contributed by atoms with Crippen molar-refractivity contribution in [2.24, 2.45) is 11.8 Å². The molecule has 0 aliphatic carbocycles. The van der Waals surface area contributed by atoms with Crippen LogP contribution in [0.15, 0.2) is 24.3 Å². The van der Waals surface area contributed by atoms with Crippen LogP contribution in [-0.2, 0) is 4.79 Å². The Labute approximate surface area is 147 Å². The molecule has 138 valence electrons. The number of rotatable bonds is 3. The Balaban J connectivity index is 0.00000312. The highest BCUT2D eigenvalue weighted by Gasteiger charge is 2.53. The predicted octanol–water partition coefficient (Wildman–Crippen LogP) is 1.80. The molecule has 0 bridgehead atoms. The van der Waals surface area contributed by atoms with Crippen LogP contribution >= 0.6 is 12.4 Å². The highest BCUT2D eigenvalue weighted by Crippen LogP contribution is 2.38. The Morgan fingerprint density at radius 1 is 1.20 bits per heavy atom. The van der Waals surface area contributed by atoms with Gasteiger partial charge in [0.15, 0.2) is 0 Å². The first-order chi connectivity index (χ1) is 11.1. The van der Waals surface area contributed by atoms with Crippen molar-refractivity contribution in [3.8, 4) is 0 Å². The number of hydrogen-bond acceptors (Lipinski definition) is 3. The summed E-state index contributed by atoms with van der Waals surface area (Å²) in [7, 11) is 1.41. The number of carboxylic acids is 1. The van der Waals surface area contributed by atoms with Crippen molar-refractivity contribution in [3.63, 3.8) is 0 Å². The second-order valence-electron chi connectivity index (χ2n) is 5.46. The van der Waals surface area contributed by atoms with E-state index in [-0.39, 0.29) is 23.5 Å². The van der Waals surface area contributed by atoms with Gasteiger partial charge in [0.1, 0.15) is 0 Å². The summed E-state index contributed by atoms with van der Waals surface area (Å²) in [5.74, 6) is -6.58. The first kappa shape index (κ1) is 20.8. The highest BCUT2D eigenvalue weighted by molar-refractivity contribution is 5.99. The maximum Gasteiger partial charge on any atom is 0.394 e. The molecule has 1 aromatic rings. The van der Waals surface area contributed by atoms with Crippen molar-refractivity contribution in [2.45, 2.75) is 6.18 Å². The van der Waals surface area contributed by atoms with Crippen LogP contribution in [0.25, 0.3) is 0 Å². The van der Waals surface area contributed by atoms with Crippen LogP contribution < -0.4 is 5.32 Å². The Hall–Kier alpha value is -2.29. The van der Waals surface area contributed by atoms with Crippen molar-refractivity contribution >= 4 is 30.2 Å². The van der Waals surface area contributed by atoms with Gasteiger partial charge in [-0.1, -0.05) is 6.07 Å². The van der Waals surface area contributed by atoms with E-state index >= 15 is 0 Å².